The van der Waals surface area contributed by atoms with E-state index < -0.39 is 34.2 Å². The fourth-order valence-electron chi connectivity index (χ4n) is 3.07. The Kier molecular flexibility index (Phi) is 6.64. The lowest BCUT2D eigenvalue weighted by molar-refractivity contribution is -0.122. The highest BCUT2D eigenvalue weighted by molar-refractivity contribution is 8.18. The van der Waals surface area contributed by atoms with Crippen molar-refractivity contribution in [2.75, 3.05) is 13.1 Å². The molecule has 0 radical (unpaired) electrons. The van der Waals surface area contributed by atoms with Gasteiger partial charge in [0.2, 0.25) is 0 Å². The molecule has 3 aromatic rings. The highest BCUT2D eigenvalue weighted by Gasteiger charge is 2.34. The summed E-state index contributed by atoms with van der Waals surface area (Å²) in [5.41, 5.74) is 0.276. The smallest absolute Gasteiger partial charge is 0.293 e. The maximum absolute atomic E-state index is 13.1. The first kappa shape index (κ1) is 23.1. The van der Waals surface area contributed by atoms with Gasteiger partial charge in [-0.1, -0.05) is 12.1 Å². The Balaban J connectivity index is 1.39. The fourth-order valence-corrected chi connectivity index (χ4v) is 3.94. The van der Waals surface area contributed by atoms with Crippen molar-refractivity contribution >= 4 is 34.9 Å². The minimum atomic E-state index is -0.621. The van der Waals surface area contributed by atoms with Crippen LogP contribution in [0.15, 0.2) is 70.4 Å². The third-order valence-corrected chi connectivity index (χ3v) is 5.67. The number of hydrogen-bond donors (Lipinski definition) is 1. The summed E-state index contributed by atoms with van der Waals surface area (Å²) in [6.07, 6.45) is 1.49. The van der Waals surface area contributed by atoms with Crippen LogP contribution in [0.1, 0.15) is 16.1 Å². The predicted octanol–water partition coefficient (Wildman–Crippen LogP) is 2.98. The lowest BCUT2D eigenvalue weighted by Gasteiger charge is -2.13. The number of imide groups is 1. The molecule has 2 heterocycles. The fraction of sp³-hybridized carbons (Fsp3) is 0.0870. The van der Waals surface area contributed by atoms with Crippen molar-refractivity contribution in [3.05, 3.63) is 98.8 Å². The van der Waals surface area contributed by atoms with Gasteiger partial charge in [0.1, 0.15) is 17.3 Å². The van der Waals surface area contributed by atoms with Crippen LogP contribution in [0.25, 0.3) is 11.8 Å². The molecule has 4 rings (SSSR count). The zero-order valence-electron chi connectivity index (χ0n) is 17.4. The molecule has 0 atom stereocenters. The summed E-state index contributed by atoms with van der Waals surface area (Å²) in [6.45, 7) is -0.118. The van der Waals surface area contributed by atoms with Gasteiger partial charge < -0.3 is 5.32 Å². The number of hydrogen-bond acceptors (Lipinski definition) is 6. The van der Waals surface area contributed by atoms with Crippen molar-refractivity contribution in [1.82, 2.24) is 20.0 Å². The molecule has 1 aliphatic heterocycles. The second kappa shape index (κ2) is 9.79. The van der Waals surface area contributed by atoms with Gasteiger partial charge in [0.05, 0.1) is 10.6 Å². The molecule has 3 amide bonds. The number of aromatic nitrogens is 2. The largest absolute Gasteiger partial charge is 0.349 e. The number of thioether (sulfide) groups is 1. The zero-order valence-corrected chi connectivity index (χ0v) is 18.2. The molecule has 0 saturated carbocycles. The summed E-state index contributed by atoms with van der Waals surface area (Å²) in [7, 11) is 0. The number of benzene rings is 2. The molecular formula is C23H16F2N4O4S. The number of rotatable bonds is 6. The molecule has 0 spiro atoms. The van der Waals surface area contributed by atoms with Crippen LogP contribution in [0.2, 0.25) is 0 Å². The standard InChI is InChI=1S/C23H16F2N4O4S/c24-15-3-1-14(2-4-15)13-19-22(32)28(23(33)34-19)12-11-26-21(31)18-9-10-20(30)29(27-18)17-7-5-16(25)6-8-17/h1-10,13H,11-12H2,(H,26,31). The monoisotopic (exact) mass is 482 g/mol. The Hall–Kier alpha value is -4.12. The van der Waals surface area contributed by atoms with Crippen LogP contribution in [0, 0.1) is 11.6 Å². The van der Waals surface area contributed by atoms with Crippen molar-refractivity contribution in [3.63, 3.8) is 0 Å². The van der Waals surface area contributed by atoms with E-state index in [1.807, 2.05) is 0 Å². The van der Waals surface area contributed by atoms with Gasteiger partial charge in [-0.15, -0.1) is 0 Å². The van der Waals surface area contributed by atoms with Gasteiger partial charge in [-0.2, -0.15) is 9.78 Å². The Morgan fingerprint density at radius 1 is 0.941 bits per heavy atom. The molecule has 2 aromatic carbocycles. The van der Waals surface area contributed by atoms with E-state index in [4.69, 9.17) is 0 Å². The van der Waals surface area contributed by atoms with Crippen molar-refractivity contribution in [2.24, 2.45) is 0 Å². The van der Waals surface area contributed by atoms with E-state index in [9.17, 15) is 28.0 Å². The summed E-state index contributed by atoms with van der Waals surface area (Å²) in [5, 5.41) is 6.06. The first-order valence-electron chi connectivity index (χ1n) is 9.97. The van der Waals surface area contributed by atoms with Crippen molar-refractivity contribution < 1.29 is 23.2 Å². The minimum Gasteiger partial charge on any atom is -0.349 e. The van der Waals surface area contributed by atoms with Gasteiger partial charge in [-0.3, -0.25) is 24.1 Å². The molecule has 1 N–H and O–H groups in total. The number of halogens is 2. The van der Waals surface area contributed by atoms with Crippen molar-refractivity contribution in [3.8, 4) is 5.69 Å². The second-order valence-corrected chi connectivity index (χ2v) is 8.08. The SMILES string of the molecule is O=C(NCCN1C(=O)SC(=Cc2ccc(F)cc2)C1=O)c1ccc(=O)n(-c2ccc(F)cc2)n1. The number of amides is 3. The second-order valence-electron chi connectivity index (χ2n) is 7.09. The van der Waals surface area contributed by atoms with Gasteiger partial charge >= 0.3 is 0 Å². The zero-order chi connectivity index (χ0) is 24.2. The number of carbonyl (C=O) groups excluding carboxylic acids is 3. The molecule has 1 saturated heterocycles. The molecule has 8 nitrogen and oxygen atoms in total. The molecule has 1 fully saturated rings. The van der Waals surface area contributed by atoms with E-state index in [1.165, 1.54) is 48.5 Å². The van der Waals surface area contributed by atoms with E-state index in [0.29, 0.717) is 5.56 Å². The third-order valence-electron chi connectivity index (χ3n) is 4.77. The van der Waals surface area contributed by atoms with E-state index in [0.717, 1.165) is 39.5 Å². The van der Waals surface area contributed by atoms with Gasteiger partial charge in [-0.25, -0.2) is 8.78 Å². The number of nitrogens with one attached hydrogen (secondary N) is 1. The summed E-state index contributed by atoms with van der Waals surface area (Å²) in [6, 6.07) is 12.9. The van der Waals surface area contributed by atoms with Crippen LogP contribution < -0.4 is 10.9 Å². The van der Waals surface area contributed by atoms with E-state index in [1.54, 1.807) is 0 Å². The highest BCUT2D eigenvalue weighted by Crippen LogP contribution is 2.31. The van der Waals surface area contributed by atoms with Crippen LogP contribution in [-0.2, 0) is 4.79 Å². The molecule has 11 heteroatoms. The average Bonchev–Trinajstić information content (AvgIpc) is 3.08. The molecule has 172 valence electrons. The van der Waals surface area contributed by atoms with Crippen LogP contribution >= 0.6 is 11.8 Å². The van der Waals surface area contributed by atoms with Gasteiger partial charge in [0.25, 0.3) is 22.6 Å². The van der Waals surface area contributed by atoms with Crippen LogP contribution in [0.4, 0.5) is 13.6 Å². The lowest BCUT2D eigenvalue weighted by Crippen LogP contribution is -2.38. The Labute approximate surface area is 195 Å². The molecule has 0 unspecified atom stereocenters. The first-order chi connectivity index (χ1) is 16.3. The molecule has 34 heavy (non-hydrogen) atoms. The lowest BCUT2D eigenvalue weighted by atomic mass is 10.2. The van der Waals surface area contributed by atoms with Gasteiger partial charge in [0, 0.05) is 19.2 Å². The van der Waals surface area contributed by atoms with E-state index in [2.05, 4.69) is 10.4 Å². The summed E-state index contributed by atoms with van der Waals surface area (Å²) >= 11 is 0.753. The van der Waals surface area contributed by atoms with Crippen molar-refractivity contribution in [1.29, 1.82) is 0 Å². The van der Waals surface area contributed by atoms with E-state index in [-0.39, 0.29) is 29.4 Å². The maximum atomic E-state index is 13.1. The normalized spacial score (nSPS) is 14.6. The minimum absolute atomic E-state index is 0.0436. The highest BCUT2D eigenvalue weighted by atomic mass is 32.2. The Morgan fingerprint density at radius 2 is 1.59 bits per heavy atom. The number of nitrogens with zero attached hydrogens (tertiary/aromatic N) is 3. The number of carbonyl (C=O) groups is 3. The molecule has 0 aliphatic carbocycles. The van der Waals surface area contributed by atoms with Gasteiger partial charge in [0.15, 0.2) is 0 Å². The summed E-state index contributed by atoms with van der Waals surface area (Å²) in [4.78, 5) is 50.5. The quantitative estimate of drug-likeness (QED) is 0.542. The van der Waals surface area contributed by atoms with Crippen LogP contribution in [0.3, 0.4) is 0 Å². The van der Waals surface area contributed by atoms with Gasteiger partial charge in [-0.05, 0) is 65.9 Å². The summed E-state index contributed by atoms with van der Waals surface area (Å²) < 4.78 is 27.1. The van der Waals surface area contributed by atoms with E-state index >= 15 is 0 Å². The molecule has 0 bridgehead atoms. The third kappa shape index (κ3) is 5.09. The van der Waals surface area contributed by atoms with Crippen LogP contribution in [-0.4, -0.2) is 44.8 Å². The molecular weight excluding hydrogens is 466 g/mol. The Morgan fingerprint density at radius 3 is 2.26 bits per heavy atom. The topological polar surface area (TPSA) is 101 Å². The summed E-state index contributed by atoms with van der Waals surface area (Å²) in [5.74, 6) is -2.03. The van der Waals surface area contributed by atoms with Crippen LogP contribution in [0.5, 0.6) is 0 Å². The molecule has 1 aromatic heterocycles. The predicted molar refractivity (Wildman–Crippen MR) is 121 cm³/mol. The Bertz CT molecular complexity index is 1350. The van der Waals surface area contributed by atoms with Crippen molar-refractivity contribution in [2.45, 2.75) is 0 Å². The average molecular weight is 482 g/mol. The molecule has 1 aliphatic rings. The first-order valence-corrected chi connectivity index (χ1v) is 10.8. The maximum Gasteiger partial charge on any atom is 0.293 e.